The molecule has 0 aromatic carbocycles. The lowest BCUT2D eigenvalue weighted by molar-refractivity contribution is 0.0694. The molecule has 0 aliphatic carbocycles. The number of aromatic carboxylic acids is 1. The summed E-state index contributed by atoms with van der Waals surface area (Å²) in [5.74, 6) is -0.982. The Morgan fingerprint density at radius 3 is 2.80 bits per heavy atom. The van der Waals surface area contributed by atoms with Crippen molar-refractivity contribution in [1.29, 1.82) is 0 Å². The van der Waals surface area contributed by atoms with Crippen LogP contribution >= 0.6 is 0 Å². The van der Waals surface area contributed by atoms with Crippen LogP contribution in [-0.4, -0.2) is 27.6 Å². The molecule has 0 spiro atoms. The largest absolute Gasteiger partial charge is 0.478 e. The van der Waals surface area contributed by atoms with Gasteiger partial charge in [0, 0.05) is 19.3 Å². The standard InChI is InChI=1S/C15H25N3O2/c1-4-5-6-7-15(2,3)10-16-9-13-12(14(19)20)8-17-11-18-13/h8,11,16H,4-7,9-10H2,1-3H3,(H,19,20). The fourth-order valence-electron chi connectivity index (χ4n) is 2.14. The van der Waals surface area contributed by atoms with Crippen molar-refractivity contribution in [2.24, 2.45) is 5.41 Å². The van der Waals surface area contributed by atoms with Crippen LogP contribution in [-0.2, 0) is 6.54 Å². The number of nitrogens with one attached hydrogen (secondary N) is 1. The minimum absolute atomic E-state index is 0.170. The third-order valence-corrected chi connectivity index (χ3v) is 3.38. The van der Waals surface area contributed by atoms with Gasteiger partial charge in [0.25, 0.3) is 0 Å². The molecule has 1 rings (SSSR count). The highest BCUT2D eigenvalue weighted by Crippen LogP contribution is 2.22. The molecule has 20 heavy (non-hydrogen) atoms. The SMILES string of the molecule is CCCCCC(C)(C)CNCc1ncncc1C(=O)O. The second-order valence-corrected chi connectivity index (χ2v) is 5.91. The third-order valence-electron chi connectivity index (χ3n) is 3.38. The van der Waals surface area contributed by atoms with Crippen LogP contribution < -0.4 is 5.32 Å². The molecule has 5 nitrogen and oxygen atoms in total. The van der Waals surface area contributed by atoms with Crippen LogP contribution in [0.2, 0.25) is 0 Å². The van der Waals surface area contributed by atoms with E-state index in [2.05, 4.69) is 36.1 Å². The lowest BCUT2D eigenvalue weighted by Crippen LogP contribution is -2.30. The summed E-state index contributed by atoms with van der Waals surface area (Å²) in [6.45, 7) is 7.97. The first-order chi connectivity index (χ1) is 9.46. The molecule has 0 unspecified atom stereocenters. The number of hydrogen-bond acceptors (Lipinski definition) is 4. The van der Waals surface area contributed by atoms with Crippen LogP contribution in [0, 0.1) is 5.41 Å². The maximum absolute atomic E-state index is 11.0. The van der Waals surface area contributed by atoms with E-state index >= 15 is 0 Å². The molecule has 0 saturated carbocycles. The average Bonchev–Trinajstić information content (AvgIpc) is 2.39. The van der Waals surface area contributed by atoms with Gasteiger partial charge in [0.1, 0.15) is 11.9 Å². The number of nitrogens with zero attached hydrogens (tertiary/aromatic N) is 2. The fraction of sp³-hybridized carbons (Fsp3) is 0.667. The molecule has 0 aliphatic heterocycles. The number of unbranched alkanes of at least 4 members (excludes halogenated alkanes) is 2. The highest BCUT2D eigenvalue weighted by atomic mass is 16.4. The van der Waals surface area contributed by atoms with Gasteiger partial charge >= 0.3 is 5.97 Å². The van der Waals surface area contributed by atoms with Gasteiger partial charge in [-0.2, -0.15) is 0 Å². The van der Waals surface area contributed by atoms with Crippen LogP contribution in [0.4, 0.5) is 0 Å². The highest BCUT2D eigenvalue weighted by molar-refractivity contribution is 5.88. The quantitative estimate of drug-likeness (QED) is 0.680. The Balaban J connectivity index is 2.46. The zero-order chi connectivity index (χ0) is 15.0. The van der Waals surface area contributed by atoms with Gasteiger partial charge in [-0.1, -0.05) is 40.0 Å². The fourth-order valence-corrected chi connectivity index (χ4v) is 2.14. The first kappa shape index (κ1) is 16.6. The van der Waals surface area contributed by atoms with Crippen LogP contribution in [0.25, 0.3) is 0 Å². The van der Waals surface area contributed by atoms with Gasteiger partial charge in [-0.3, -0.25) is 0 Å². The Kier molecular flexibility index (Phi) is 6.58. The molecule has 0 aliphatic rings. The third kappa shape index (κ3) is 5.65. The molecule has 0 saturated heterocycles. The van der Waals surface area contributed by atoms with E-state index in [9.17, 15) is 4.79 Å². The lowest BCUT2D eigenvalue weighted by Gasteiger charge is -2.25. The minimum Gasteiger partial charge on any atom is -0.478 e. The number of carboxylic acids is 1. The second-order valence-electron chi connectivity index (χ2n) is 5.91. The maximum atomic E-state index is 11.0. The smallest absolute Gasteiger partial charge is 0.339 e. The van der Waals surface area contributed by atoms with E-state index in [0.29, 0.717) is 12.2 Å². The molecular formula is C15H25N3O2. The predicted molar refractivity (Wildman–Crippen MR) is 78.6 cm³/mol. The van der Waals surface area contributed by atoms with E-state index in [0.717, 1.165) is 6.54 Å². The summed E-state index contributed by atoms with van der Waals surface area (Å²) in [5, 5.41) is 12.4. The Labute approximate surface area is 120 Å². The summed E-state index contributed by atoms with van der Waals surface area (Å²) in [6.07, 6.45) is 7.63. The van der Waals surface area contributed by atoms with Gasteiger partial charge in [0.15, 0.2) is 0 Å². The summed E-state index contributed by atoms with van der Waals surface area (Å²) in [5.41, 5.74) is 0.923. The van der Waals surface area contributed by atoms with Gasteiger partial charge in [-0.05, 0) is 11.8 Å². The van der Waals surface area contributed by atoms with Gasteiger partial charge in [0.2, 0.25) is 0 Å². The molecule has 0 amide bonds. The first-order valence-electron chi connectivity index (χ1n) is 7.19. The number of carboxylic acid groups (broad SMARTS) is 1. The minimum atomic E-state index is -0.982. The van der Waals surface area contributed by atoms with E-state index in [1.807, 2.05) is 0 Å². The van der Waals surface area contributed by atoms with E-state index in [1.54, 1.807) is 0 Å². The van der Waals surface area contributed by atoms with Crippen molar-refractivity contribution in [2.45, 2.75) is 53.0 Å². The normalized spacial score (nSPS) is 11.6. The van der Waals surface area contributed by atoms with Crippen molar-refractivity contribution in [3.63, 3.8) is 0 Å². The van der Waals surface area contributed by atoms with Crippen LogP contribution in [0.5, 0.6) is 0 Å². The molecule has 1 aromatic heterocycles. The summed E-state index contributed by atoms with van der Waals surface area (Å²) in [6, 6.07) is 0. The number of hydrogen-bond donors (Lipinski definition) is 2. The molecule has 5 heteroatoms. The zero-order valence-corrected chi connectivity index (χ0v) is 12.6. The van der Waals surface area contributed by atoms with Crippen LogP contribution in [0.15, 0.2) is 12.5 Å². The number of aromatic nitrogens is 2. The van der Waals surface area contributed by atoms with Crippen molar-refractivity contribution < 1.29 is 9.90 Å². The van der Waals surface area contributed by atoms with Crippen LogP contribution in [0.1, 0.15) is 62.5 Å². The summed E-state index contributed by atoms with van der Waals surface area (Å²) in [7, 11) is 0. The van der Waals surface area contributed by atoms with Crippen molar-refractivity contribution in [1.82, 2.24) is 15.3 Å². The van der Waals surface area contributed by atoms with Crippen molar-refractivity contribution in [2.75, 3.05) is 6.54 Å². The maximum Gasteiger partial charge on any atom is 0.339 e. The number of rotatable bonds is 9. The van der Waals surface area contributed by atoms with Gasteiger partial charge in [-0.25, -0.2) is 14.8 Å². The zero-order valence-electron chi connectivity index (χ0n) is 12.6. The van der Waals surface area contributed by atoms with Gasteiger partial charge in [0.05, 0.1) is 5.69 Å². The first-order valence-corrected chi connectivity index (χ1v) is 7.19. The van der Waals surface area contributed by atoms with Crippen molar-refractivity contribution in [3.05, 3.63) is 23.8 Å². The Morgan fingerprint density at radius 2 is 2.15 bits per heavy atom. The molecule has 1 heterocycles. The second kappa shape index (κ2) is 7.94. The van der Waals surface area contributed by atoms with E-state index in [4.69, 9.17) is 5.11 Å². The molecule has 2 N–H and O–H groups in total. The van der Waals surface area contributed by atoms with E-state index in [-0.39, 0.29) is 11.0 Å². The molecule has 0 atom stereocenters. The average molecular weight is 279 g/mol. The predicted octanol–water partition coefficient (Wildman–Crippen LogP) is 2.87. The Hall–Kier alpha value is -1.49. The van der Waals surface area contributed by atoms with Crippen molar-refractivity contribution >= 4 is 5.97 Å². The molecule has 0 fully saturated rings. The van der Waals surface area contributed by atoms with Gasteiger partial charge in [-0.15, -0.1) is 0 Å². The lowest BCUT2D eigenvalue weighted by atomic mass is 9.87. The van der Waals surface area contributed by atoms with E-state index < -0.39 is 5.97 Å². The number of carbonyl (C=O) groups is 1. The summed E-state index contributed by atoms with van der Waals surface area (Å²) < 4.78 is 0. The highest BCUT2D eigenvalue weighted by Gasteiger charge is 2.17. The van der Waals surface area contributed by atoms with E-state index in [1.165, 1.54) is 38.2 Å². The Bertz CT molecular complexity index is 433. The molecular weight excluding hydrogens is 254 g/mol. The van der Waals surface area contributed by atoms with Crippen molar-refractivity contribution in [3.8, 4) is 0 Å². The molecule has 1 aromatic rings. The summed E-state index contributed by atoms with van der Waals surface area (Å²) >= 11 is 0. The monoisotopic (exact) mass is 279 g/mol. The topological polar surface area (TPSA) is 75.1 Å². The van der Waals surface area contributed by atoms with Crippen LogP contribution in [0.3, 0.4) is 0 Å². The molecule has 0 bridgehead atoms. The molecule has 112 valence electrons. The summed E-state index contributed by atoms with van der Waals surface area (Å²) in [4.78, 5) is 18.8. The van der Waals surface area contributed by atoms with Gasteiger partial charge < -0.3 is 10.4 Å². The Morgan fingerprint density at radius 1 is 1.40 bits per heavy atom. The molecule has 0 radical (unpaired) electrons.